The Morgan fingerprint density at radius 3 is 2.12 bits per heavy atom. The van der Waals surface area contributed by atoms with Gasteiger partial charge in [0.25, 0.3) is 0 Å². The molecule has 4 nitrogen and oxygen atoms in total. The van der Waals surface area contributed by atoms with Crippen molar-refractivity contribution in [3.63, 3.8) is 0 Å². The molecule has 0 saturated carbocycles. The van der Waals surface area contributed by atoms with Crippen molar-refractivity contribution in [3.8, 4) is 0 Å². The lowest BCUT2D eigenvalue weighted by Crippen LogP contribution is -2.42. The number of rotatable bonds is 2. The number of sulfone groups is 1. The van der Waals surface area contributed by atoms with Gasteiger partial charge in [-0.1, -0.05) is 13.8 Å². The average Bonchev–Trinajstić information content (AvgIpc) is 2.64. The summed E-state index contributed by atoms with van der Waals surface area (Å²) in [6, 6.07) is 0. The van der Waals surface area contributed by atoms with Gasteiger partial charge in [0.2, 0.25) is 0 Å². The Bertz CT molecular complexity index is 342. The van der Waals surface area contributed by atoms with Gasteiger partial charge in [0.1, 0.15) is 0 Å². The Labute approximate surface area is 97.2 Å². The summed E-state index contributed by atoms with van der Waals surface area (Å²) in [6.45, 7) is 4.77. The largest absolute Gasteiger partial charge is 0.347 e. The minimum Gasteiger partial charge on any atom is -0.347 e. The maximum Gasteiger partial charge on any atom is 0.171 e. The van der Waals surface area contributed by atoms with E-state index in [1.54, 1.807) is 0 Å². The first-order valence-corrected chi connectivity index (χ1v) is 7.82. The van der Waals surface area contributed by atoms with E-state index in [-0.39, 0.29) is 17.1 Å². The third-order valence-corrected chi connectivity index (χ3v) is 5.53. The zero-order valence-electron chi connectivity index (χ0n) is 9.99. The van der Waals surface area contributed by atoms with Crippen molar-refractivity contribution < 1.29 is 17.9 Å². The van der Waals surface area contributed by atoms with Crippen LogP contribution < -0.4 is 0 Å². The van der Waals surface area contributed by atoms with Gasteiger partial charge in [-0.3, -0.25) is 0 Å². The van der Waals surface area contributed by atoms with E-state index in [0.29, 0.717) is 19.4 Å². The number of hydrogen-bond acceptors (Lipinski definition) is 4. The van der Waals surface area contributed by atoms with Crippen LogP contribution in [0.25, 0.3) is 0 Å². The van der Waals surface area contributed by atoms with E-state index in [4.69, 9.17) is 9.47 Å². The number of hydrogen-bond donors (Lipinski definition) is 0. The molecule has 1 spiro atoms. The van der Waals surface area contributed by atoms with E-state index in [1.807, 2.05) is 0 Å². The van der Waals surface area contributed by atoms with Gasteiger partial charge in [0.05, 0.1) is 23.7 Å². The summed E-state index contributed by atoms with van der Waals surface area (Å²) in [5.74, 6) is -0.232. The standard InChI is InChI=1S/C11H20O4S/c1-3-10(4-2)9-14-11(15-10)5-7-16(12,13)8-6-11/h3-9H2,1-2H3. The highest BCUT2D eigenvalue weighted by molar-refractivity contribution is 7.91. The van der Waals surface area contributed by atoms with Crippen LogP contribution in [0.4, 0.5) is 0 Å². The Morgan fingerprint density at radius 1 is 1.12 bits per heavy atom. The quantitative estimate of drug-likeness (QED) is 0.743. The fourth-order valence-electron chi connectivity index (χ4n) is 2.41. The van der Waals surface area contributed by atoms with Crippen LogP contribution in [0.3, 0.4) is 0 Å². The first kappa shape index (κ1) is 12.3. The average molecular weight is 248 g/mol. The van der Waals surface area contributed by atoms with Crippen LogP contribution in [-0.4, -0.2) is 37.9 Å². The zero-order chi connectivity index (χ0) is 11.9. The fraction of sp³-hybridized carbons (Fsp3) is 1.00. The normalized spacial score (nSPS) is 30.6. The summed E-state index contributed by atoms with van der Waals surface area (Å²) < 4.78 is 34.6. The van der Waals surface area contributed by atoms with E-state index < -0.39 is 15.6 Å². The first-order chi connectivity index (χ1) is 7.45. The van der Waals surface area contributed by atoms with E-state index in [9.17, 15) is 8.42 Å². The fourth-order valence-corrected chi connectivity index (χ4v) is 3.86. The lowest BCUT2D eigenvalue weighted by molar-refractivity contribution is -0.192. The van der Waals surface area contributed by atoms with Gasteiger partial charge in [-0.15, -0.1) is 0 Å². The number of ether oxygens (including phenoxy) is 2. The first-order valence-electron chi connectivity index (χ1n) is 5.99. The van der Waals surface area contributed by atoms with E-state index in [1.165, 1.54) is 0 Å². The highest BCUT2D eigenvalue weighted by Gasteiger charge is 2.50. The maximum absolute atomic E-state index is 11.4. The van der Waals surface area contributed by atoms with Crippen molar-refractivity contribution in [1.82, 2.24) is 0 Å². The molecule has 0 amide bonds. The van der Waals surface area contributed by atoms with Crippen LogP contribution in [0.1, 0.15) is 39.5 Å². The zero-order valence-corrected chi connectivity index (χ0v) is 10.8. The summed E-state index contributed by atoms with van der Waals surface area (Å²) in [6.07, 6.45) is 2.80. The molecule has 0 aromatic carbocycles. The second kappa shape index (κ2) is 3.96. The molecular weight excluding hydrogens is 228 g/mol. The molecule has 2 aliphatic heterocycles. The van der Waals surface area contributed by atoms with Crippen molar-refractivity contribution in [1.29, 1.82) is 0 Å². The molecule has 0 radical (unpaired) electrons. The molecule has 5 heteroatoms. The molecular formula is C11H20O4S. The molecule has 0 aromatic rings. The van der Waals surface area contributed by atoms with Crippen LogP contribution in [0.5, 0.6) is 0 Å². The minimum absolute atomic E-state index is 0.191. The SMILES string of the molecule is CCC1(CC)COC2(CCS(=O)(=O)CC2)O1. The highest BCUT2D eigenvalue weighted by Crippen LogP contribution is 2.42. The van der Waals surface area contributed by atoms with Crippen LogP contribution in [0.2, 0.25) is 0 Å². The van der Waals surface area contributed by atoms with Crippen molar-refractivity contribution in [2.45, 2.75) is 50.9 Å². The molecule has 0 aromatic heterocycles. The molecule has 0 bridgehead atoms. The van der Waals surface area contributed by atoms with Gasteiger partial charge >= 0.3 is 0 Å². The lowest BCUT2D eigenvalue weighted by atomic mass is 9.99. The summed E-state index contributed by atoms with van der Waals surface area (Å²) >= 11 is 0. The molecule has 2 rings (SSSR count). The third-order valence-electron chi connectivity index (χ3n) is 3.88. The molecule has 94 valence electrons. The van der Waals surface area contributed by atoms with Crippen LogP contribution in [0, 0.1) is 0 Å². The lowest BCUT2D eigenvalue weighted by Gasteiger charge is -2.34. The van der Waals surface area contributed by atoms with Gasteiger partial charge in [-0.05, 0) is 12.8 Å². The Kier molecular flexibility index (Phi) is 3.05. The Hall–Kier alpha value is -0.130. The van der Waals surface area contributed by atoms with Crippen LogP contribution in [-0.2, 0) is 19.3 Å². The molecule has 2 fully saturated rings. The van der Waals surface area contributed by atoms with Crippen LogP contribution >= 0.6 is 0 Å². The van der Waals surface area contributed by atoms with Crippen molar-refractivity contribution in [3.05, 3.63) is 0 Å². The maximum atomic E-state index is 11.4. The van der Waals surface area contributed by atoms with Gasteiger partial charge in [0.15, 0.2) is 15.6 Å². The Morgan fingerprint density at radius 2 is 1.69 bits per heavy atom. The van der Waals surface area contributed by atoms with Crippen molar-refractivity contribution >= 4 is 9.84 Å². The minimum atomic E-state index is -2.86. The predicted molar refractivity (Wildman–Crippen MR) is 61.0 cm³/mol. The van der Waals surface area contributed by atoms with E-state index in [0.717, 1.165) is 12.8 Å². The molecule has 0 N–H and O–H groups in total. The third kappa shape index (κ3) is 2.13. The molecule has 0 aliphatic carbocycles. The van der Waals surface area contributed by atoms with Gasteiger partial charge in [-0.2, -0.15) is 0 Å². The molecule has 0 unspecified atom stereocenters. The monoisotopic (exact) mass is 248 g/mol. The Balaban J connectivity index is 2.08. The molecule has 2 saturated heterocycles. The van der Waals surface area contributed by atoms with Crippen molar-refractivity contribution in [2.75, 3.05) is 18.1 Å². The summed E-state index contributed by atoms with van der Waals surface area (Å²) in [4.78, 5) is 0. The van der Waals surface area contributed by atoms with Gasteiger partial charge < -0.3 is 9.47 Å². The predicted octanol–water partition coefficient (Wildman–Crippen LogP) is 1.50. The molecule has 16 heavy (non-hydrogen) atoms. The van der Waals surface area contributed by atoms with Gasteiger partial charge in [-0.25, -0.2) is 8.42 Å². The summed E-state index contributed by atoms with van der Waals surface area (Å²) in [7, 11) is -2.86. The van der Waals surface area contributed by atoms with E-state index >= 15 is 0 Å². The second-order valence-electron chi connectivity index (χ2n) is 4.84. The van der Waals surface area contributed by atoms with E-state index in [2.05, 4.69) is 13.8 Å². The topological polar surface area (TPSA) is 52.6 Å². The van der Waals surface area contributed by atoms with Crippen molar-refractivity contribution in [2.24, 2.45) is 0 Å². The highest BCUT2D eigenvalue weighted by atomic mass is 32.2. The summed E-state index contributed by atoms with van der Waals surface area (Å²) in [5.41, 5.74) is -0.193. The second-order valence-corrected chi connectivity index (χ2v) is 7.15. The summed E-state index contributed by atoms with van der Waals surface area (Å²) in [5, 5.41) is 0. The molecule has 2 heterocycles. The van der Waals surface area contributed by atoms with Gasteiger partial charge in [0, 0.05) is 12.8 Å². The smallest absolute Gasteiger partial charge is 0.171 e. The molecule has 0 atom stereocenters. The molecule has 2 aliphatic rings. The van der Waals surface area contributed by atoms with Crippen LogP contribution in [0.15, 0.2) is 0 Å².